The highest BCUT2D eigenvalue weighted by atomic mass is 79.9. The van der Waals surface area contributed by atoms with Crippen molar-refractivity contribution < 1.29 is 9.47 Å². The van der Waals surface area contributed by atoms with E-state index in [4.69, 9.17) is 15.2 Å². The summed E-state index contributed by atoms with van der Waals surface area (Å²) in [7, 11) is 0. The molecular formula is C16H22BrNO2. The maximum atomic E-state index is 6.23. The van der Waals surface area contributed by atoms with E-state index >= 15 is 0 Å². The van der Waals surface area contributed by atoms with Crippen molar-refractivity contribution in [1.29, 1.82) is 0 Å². The van der Waals surface area contributed by atoms with Crippen LogP contribution in [0.2, 0.25) is 0 Å². The number of hydrogen-bond acceptors (Lipinski definition) is 3. The smallest absolute Gasteiger partial charge is 0.145 e. The summed E-state index contributed by atoms with van der Waals surface area (Å²) in [6.45, 7) is 2.85. The molecule has 0 amide bonds. The van der Waals surface area contributed by atoms with Gasteiger partial charge in [-0.25, -0.2) is 0 Å². The number of nitrogens with two attached hydrogens (primary N) is 1. The molecule has 1 aromatic rings. The molecular weight excluding hydrogens is 318 g/mol. The molecule has 0 aromatic heterocycles. The minimum absolute atomic E-state index is 0.0843. The lowest BCUT2D eigenvalue weighted by molar-refractivity contribution is -0.108. The number of aryl methyl sites for hydroxylation is 1. The third-order valence-electron chi connectivity index (χ3n) is 4.52. The van der Waals surface area contributed by atoms with Crippen LogP contribution in [0, 0.1) is 6.92 Å². The Labute approximate surface area is 129 Å². The second-order valence-electron chi connectivity index (χ2n) is 6.11. The lowest BCUT2D eigenvalue weighted by Gasteiger charge is -2.38. The zero-order chi connectivity index (χ0) is 14.2. The number of nitrogen functional groups attached to an aromatic ring is 1. The number of halogens is 1. The molecule has 1 saturated heterocycles. The van der Waals surface area contributed by atoms with E-state index < -0.39 is 0 Å². The second-order valence-corrected chi connectivity index (χ2v) is 7.03. The first-order chi connectivity index (χ1) is 9.58. The van der Waals surface area contributed by atoms with Gasteiger partial charge in [-0.15, -0.1) is 0 Å². The van der Waals surface area contributed by atoms with Gasteiger partial charge in [-0.2, -0.15) is 0 Å². The highest BCUT2D eigenvalue weighted by Crippen LogP contribution is 2.42. The summed E-state index contributed by atoms with van der Waals surface area (Å²) in [4.78, 5) is 0. The predicted molar refractivity (Wildman–Crippen MR) is 84.1 cm³/mol. The fourth-order valence-electron chi connectivity index (χ4n) is 3.53. The minimum Gasteiger partial charge on any atom is -0.488 e. The molecule has 2 aliphatic rings. The van der Waals surface area contributed by atoms with Crippen molar-refractivity contribution in [1.82, 2.24) is 0 Å². The van der Waals surface area contributed by atoms with Gasteiger partial charge in [0.05, 0.1) is 17.9 Å². The summed E-state index contributed by atoms with van der Waals surface area (Å²) in [6, 6.07) is 3.96. The van der Waals surface area contributed by atoms with Crippen molar-refractivity contribution in [3.8, 4) is 5.75 Å². The van der Waals surface area contributed by atoms with Crippen LogP contribution in [0.5, 0.6) is 5.75 Å². The highest BCUT2D eigenvalue weighted by molar-refractivity contribution is 9.10. The Morgan fingerprint density at radius 1 is 1.35 bits per heavy atom. The van der Waals surface area contributed by atoms with Crippen LogP contribution < -0.4 is 10.5 Å². The first-order valence-corrected chi connectivity index (χ1v) is 8.24. The number of rotatable bonds is 2. The molecule has 1 aromatic carbocycles. The number of ether oxygens (including phenoxy) is 2. The lowest BCUT2D eigenvalue weighted by Crippen LogP contribution is -2.41. The maximum Gasteiger partial charge on any atom is 0.145 e. The zero-order valence-corrected chi connectivity index (χ0v) is 13.5. The van der Waals surface area contributed by atoms with E-state index in [9.17, 15) is 0 Å². The number of benzene rings is 1. The third kappa shape index (κ3) is 2.82. The van der Waals surface area contributed by atoms with Crippen molar-refractivity contribution in [2.75, 3.05) is 12.3 Å². The molecule has 20 heavy (non-hydrogen) atoms. The molecule has 1 unspecified atom stereocenters. The van der Waals surface area contributed by atoms with E-state index in [0.29, 0.717) is 5.69 Å². The third-order valence-corrected chi connectivity index (χ3v) is 4.97. The van der Waals surface area contributed by atoms with Crippen LogP contribution in [0.1, 0.15) is 44.1 Å². The Bertz CT molecular complexity index is 474. The average Bonchev–Trinajstić information content (AvgIpc) is 2.82. The Hall–Kier alpha value is -0.740. The van der Waals surface area contributed by atoms with Crippen molar-refractivity contribution >= 4 is 21.6 Å². The van der Waals surface area contributed by atoms with Crippen LogP contribution in [-0.2, 0) is 4.74 Å². The summed E-state index contributed by atoms with van der Waals surface area (Å²) in [5.41, 5.74) is 7.98. The van der Waals surface area contributed by atoms with E-state index in [1.54, 1.807) is 0 Å². The first kappa shape index (κ1) is 14.2. The van der Waals surface area contributed by atoms with Crippen molar-refractivity contribution in [2.45, 2.75) is 57.2 Å². The molecule has 0 radical (unpaired) electrons. The molecule has 3 nitrogen and oxygen atoms in total. The van der Waals surface area contributed by atoms with E-state index in [1.165, 1.54) is 25.7 Å². The fourth-order valence-corrected chi connectivity index (χ4v) is 4.12. The van der Waals surface area contributed by atoms with Crippen LogP contribution in [0.25, 0.3) is 0 Å². The average molecular weight is 340 g/mol. The molecule has 1 saturated carbocycles. The van der Waals surface area contributed by atoms with Gasteiger partial charge in [-0.3, -0.25) is 0 Å². The summed E-state index contributed by atoms with van der Waals surface area (Å²) >= 11 is 3.47. The fraction of sp³-hybridized carbons (Fsp3) is 0.625. The van der Waals surface area contributed by atoms with Gasteiger partial charge in [0, 0.05) is 17.3 Å². The summed E-state index contributed by atoms with van der Waals surface area (Å²) in [5.74, 6) is 0.841. The molecule has 1 aliphatic carbocycles. The van der Waals surface area contributed by atoms with E-state index in [0.717, 1.165) is 35.2 Å². The summed E-state index contributed by atoms with van der Waals surface area (Å²) in [6.07, 6.45) is 7.12. The van der Waals surface area contributed by atoms with Crippen molar-refractivity contribution in [3.63, 3.8) is 0 Å². The maximum absolute atomic E-state index is 6.23. The van der Waals surface area contributed by atoms with Crippen LogP contribution in [0.4, 0.5) is 5.69 Å². The molecule has 1 aliphatic heterocycles. The van der Waals surface area contributed by atoms with E-state index in [2.05, 4.69) is 22.0 Å². The quantitative estimate of drug-likeness (QED) is 0.820. The number of hydrogen-bond donors (Lipinski definition) is 1. The van der Waals surface area contributed by atoms with E-state index in [-0.39, 0.29) is 11.7 Å². The van der Waals surface area contributed by atoms with Gasteiger partial charge in [0.15, 0.2) is 0 Å². The normalized spacial score (nSPS) is 25.0. The monoisotopic (exact) mass is 339 g/mol. The second kappa shape index (κ2) is 5.57. The molecule has 2 fully saturated rings. The standard InChI is InChI=1S/C16H22BrNO2/c1-11-8-12(17)9-14(18)15(11)20-13-4-7-19-16(10-13)5-2-3-6-16/h8-9,13H,2-7,10,18H2,1H3. The highest BCUT2D eigenvalue weighted by Gasteiger charge is 2.40. The van der Waals surface area contributed by atoms with Crippen LogP contribution >= 0.6 is 15.9 Å². The number of anilines is 1. The molecule has 110 valence electrons. The summed E-state index contributed by atoms with van der Waals surface area (Å²) in [5, 5.41) is 0. The molecule has 4 heteroatoms. The molecule has 0 bridgehead atoms. The molecule has 1 spiro atoms. The molecule has 1 atom stereocenters. The van der Waals surface area contributed by atoms with Gasteiger partial charge in [0.1, 0.15) is 11.9 Å². The van der Waals surface area contributed by atoms with Gasteiger partial charge in [-0.1, -0.05) is 28.8 Å². The Kier molecular flexibility index (Phi) is 3.95. The minimum atomic E-state index is 0.0843. The Morgan fingerprint density at radius 3 is 2.80 bits per heavy atom. The molecule has 2 N–H and O–H groups in total. The zero-order valence-electron chi connectivity index (χ0n) is 12.0. The van der Waals surface area contributed by atoms with Crippen LogP contribution in [-0.4, -0.2) is 18.3 Å². The Balaban J connectivity index is 1.74. The van der Waals surface area contributed by atoms with Crippen molar-refractivity contribution in [2.24, 2.45) is 0 Å². The van der Waals surface area contributed by atoms with Crippen LogP contribution in [0.15, 0.2) is 16.6 Å². The largest absolute Gasteiger partial charge is 0.488 e. The predicted octanol–water partition coefficient (Wildman–Crippen LogP) is 4.21. The van der Waals surface area contributed by atoms with Gasteiger partial charge < -0.3 is 15.2 Å². The lowest BCUT2D eigenvalue weighted by atomic mass is 9.90. The first-order valence-electron chi connectivity index (χ1n) is 7.44. The van der Waals surface area contributed by atoms with Gasteiger partial charge in [0.25, 0.3) is 0 Å². The topological polar surface area (TPSA) is 44.5 Å². The summed E-state index contributed by atoms with van der Waals surface area (Å²) < 4.78 is 13.3. The molecule has 1 heterocycles. The van der Waals surface area contributed by atoms with Gasteiger partial charge >= 0.3 is 0 Å². The van der Waals surface area contributed by atoms with Gasteiger partial charge in [-0.05, 0) is 37.5 Å². The van der Waals surface area contributed by atoms with Crippen molar-refractivity contribution in [3.05, 3.63) is 22.2 Å². The Morgan fingerprint density at radius 2 is 2.10 bits per heavy atom. The van der Waals surface area contributed by atoms with E-state index in [1.807, 2.05) is 13.0 Å². The molecule has 3 rings (SSSR count). The van der Waals surface area contributed by atoms with Crippen LogP contribution in [0.3, 0.4) is 0 Å². The SMILES string of the molecule is Cc1cc(Br)cc(N)c1OC1CCOC2(CCCC2)C1. The van der Waals surface area contributed by atoms with Gasteiger partial charge in [0.2, 0.25) is 0 Å².